The van der Waals surface area contributed by atoms with Crippen LogP contribution < -0.4 is 10.3 Å². The van der Waals surface area contributed by atoms with E-state index in [0.717, 1.165) is 37.0 Å². The molecule has 1 aliphatic carbocycles. The van der Waals surface area contributed by atoms with Gasteiger partial charge in [0.05, 0.1) is 18.1 Å². The zero-order valence-corrected chi connectivity index (χ0v) is 16.8. The summed E-state index contributed by atoms with van der Waals surface area (Å²) >= 11 is 1.51. The number of carbonyl (C=O) groups excluding carboxylic acids is 1. The van der Waals surface area contributed by atoms with Gasteiger partial charge in [-0.1, -0.05) is 18.2 Å². The molecular formula is C22H21N3O3S. The van der Waals surface area contributed by atoms with E-state index < -0.39 is 5.92 Å². The number of benzene rings is 1. The van der Waals surface area contributed by atoms with Crippen molar-refractivity contribution in [1.29, 1.82) is 5.26 Å². The van der Waals surface area contributed by atoms with Gasteiger partial charge in [-0.3, -0.25) is 9.59 Å². The Kier molecular flexibility index (Phi) is 5.72. The molecule has 2 heterocycles. The summed E-state index contributed by atoms with van der Waals surface area (Å²) in [5.41, 5.74) is 0.847. The Bertz CT molecular complexity index is 1130. The second kappa shape index (κ2) is 8.58. The molecule has 0 bridgehead atoms. The molecule has 6 nitrogen and oxygen atoms in total. The quantitative estimate of drug-likeness (QED) is 0.599. The van der Waals surface area contributed by atoms with Crippen molar-refractivity contribution >= 4 is 27.3 Å². The SMILES string of the molecule is N#CC(C(=O)CCCOc1ccccc1)c1nc2sc3c(c2c(=O)[nH]1)CCCC3. The predicted molar refractivity (Wildman–Crippen MR) is 111 cm³/mol. The number of Topliss-reactive ketones (excluding diaryl/α,β-unsaturated/α-hetero) is 1. The van der Waals surface area contributed by atoms with Crippen LogP contribution in [0.2, 0.25) is 0 Å². The van der Waals surface area contributed by atoms with E-state index in [0.29, 0.717) is 23.2 Å². The molecule has 1 aliphatic rings. The highest BCUT2D eigenvalue weighted by molar-refractivity contribution is 7.18. The van der Waals surface area contributed by atoms with Gasteiger partial charge in [0.15, 0.2) is 11.7 Å². The maximum Gasteiger partial charge on any atom is 0.259 e. The van der Waals surface area contributed by atoms with Crippen molar-refractivity contribution in [3.8, 4) is 11.8 Å². The predicted octanol–water partition coefficient (Wildman–Crippen LogP) is 3.90. The van der Waals surface area contributed by atoms with Gasteiger partial charge >= 0.3 is 0 Å². The summed E-state index contributed by atoms with van der Waals surface area (Å²) in [6.07, 6.45) is 4.73. The lowest BCUT2D eigenvalue weighted by Gasteiger charge is -2.10. The number of aryl methyl sites for hydroxylation is 2. The normalized spacial score (nSPS) is 14.2. The minimum Gasteiger partial charge on any atom is -0.494 e. The summed E-state index contributed by atoms with van der Waals surface area (Å²) in [4.78, 5) is 34.3. The van der Waals surface area contributed by atoms with E-state index in [9.17, 15) is 14.9 Å². The summed E-state index contributed by atoms with van der Waals surface area (Å²) in [5.74, 6) is -0.427. The number of aromatic nitrogens is 2. The van der Waals surface area contributed by atoms with Crippen molar-refractivity contribution in [2.24, 2.45) is 0 Å². The number of nitrogens with one attached hydrogen (secondary N) is 1. The Morgan fingerprint density at radius 3 is 2.86 bits per heavy atom. The maximum absolute atomic E-state index is 12.7. The first-order valence-corrected chi connectivity index (χ1v) is 10.6. The topological polar surface area (TPSA) is 95.8 Å². The molecule has 0 saturated carbocycles. The number of ketones is 1. The average Bonchev–Trinajstić information content (AvgIpc) is 3.11. The van der Waals surface area contributed by atoms with E-state index in [2.05, 4.69) is 9.97 Å². The molecule has 148 valence electrons. The van der Waals surface area contributed by atoms with Gasteiger partial charge in [-0.25, -0.2) is 4.98 Å². The smallest absolute Gasteiger partial charge is 0.259 e. The van der Waals surface area contributed by atoms with Crippen LogP contribution in [0.1, 0.15) is 47.9 Å². The second-order valence-electron chi connectivity index (χ2n) is 7.14. The van der Waals surface area contributed by atoms with Crippen LogP contribution in [0.15, 0.2) is 35.1 Å². The Balaban J connectivity index is 1.47. The fourth-order valence-corrected chi connectivity index (χ4v) is 4.97. The van der Waals surface area contributed by atoms with Crippen LogP contribution in [-0.2, 0) is 17.6 Å². The van der Waals surface area contributed by atoms with E-state index in [4.69, 9.17) is 4.74 Å². The zero-order chi connectivity index (χ0) is 20.2. The lowest BCUT2D eigenvalue weighted by molar-refractivity contribution is -0.119. The number of aromatic amines is 1. The highest BCUT2D eigenvalue weighted by Crippen LogP contribution is 2.34. The van der Waals surface area contributed by atoms with Crippen LogP contribution in [0.25, 0.3) is 10.2 Å². The molecule has 0 radical (unpaired) electrons. The molecule has 0 amide bonds. The molecule has 1 atom stereocenters. The Labute approximate surface area is 172 Å². The van der Waals surface area contributed by atoms with E-state index >= 15 is 0 Å². The third-order valence-electron chi connectivity index (χ3n) is 5.15. The maximum atomic E-state index is 12.7. The fraction of sp³-hybridized carbons (Fsp3) is 0.364. The van der Waals surface area contributed by atoms with Crippen molar-refractivity contribution in [2.75, 3.05) is 6.61 Å². The summed E-state index contributed by atoms with van der Waals surface area (Å²) in [6, 6.07) is 11.4. The minimum atomic E-state index is -1.07. The number of ether oxygens (including phenoxy) is 1. The number of fused-ring (bicyclic) bond motifs is 3. The summed E-state index contributed by atoms with van der Waals surface area (Å²) in [5, 5.41) is 10.2. The van der Waals surface area contributed by atoms with Gasteiger partial charge in [0.25, 0.3) is 5.56 Å². The summed E-state index contributed by atoms with van der Waals surface area (Å²) in [6.45, 7) is 0.383. The third kappa shape index (κ3) is 4.08. The van der Waals surface area contributed by atoms with Crippen LogP contribution in [-0.4, -0.2) is 22.4 Å². The molecule has 1 aromatic carbocycles. The number of carbonyl (C=O) groups is 1. The van der Waals surface area contributed by atoms with E-state index in [-0.39, 0.29) is 23.6 Å². The average molecular weight is 407 g/mol. The Morgan fingerprint density at radius 1 is 1.28 bits per heavy atom. The van der Waals surface area contributed by atoms with Crippen molar-refractivity contribution < 1.29 is 9.53 Å². The van der Waals surface area contributed by atoms with E-state index in [1.807, 2.05) is 36.4 Å². The number of rotatable bonds is 7. The molecule has 0 fully saturated rings. The number of nitrogens with zero attached hydrogens (tertiary/aromatic N) is 2. The molecule has 29 heavy (non-hydrogen) atoms. The number of thiophene rings is 1. The number of hydrogen-bond acceptors (Lipinski definition) is 6. The first-order chi connectivity index (χ1) is 14.2. The van der Waals surface area contributed by atoms with Crippen LogP contribution >= 0.6 is 11.3 Å². The van der Waals surface area contributed by atoms with Crippen molar-refractivity contribution in [3.63, 3.8) is 0 Å². The highest BCUT2D eigenvalue weighted by Gasteiger charge is 2.25. The molecule has 4 rings (SSSR count). The van der Waals surface area contributed by atoms with Gasteiger partial charge in [0, 0.05) is 11.3 Å². The van der Waals surface area contributed by atoms with Crippen molar-refractivity contribution in [2.45, 2.75) is 44.4 Å². The van der Waals surface area contributed by atoms with Crippen LogP contribution in [0.4, 0.5) is 0 Å². The summed E-state index contributed by atoms with van der Waals surface area (Å²) < 4.78 is 5.59. The first kappa shape index (κ1) is 19.3. The van der Waals surface area contributed by atoms with Gasteiger partial charge in [-0.05, 0) is 49.8 Å². The minimum absolute atomic E-state index is 0.151. The van der Waals surface area contributed by atoms with Gasteiger partial charge in [0.1, 0.15) is 16.4 Å². The van der Waals surface area contributed by atoms with Crippen LogP contribution in [0.3, 0.4) is 0 Å². The number of para-hydroxylation sites is 1. The molecule has 0 aliphatic heterocycles. The molecule has 1 N–H and O–H groups in total. The van der Waals surface area contributed by atoms with E-state index in [1.165, 1.54) is 16.2 Å². The highest BCUT2D eigenvalue weighted by atomic mass is 32.1. The third-order valence-corrected chi connectivity index (χ3v) is 6.33. The molecule has 7 heteroatoms. The Morgan fingerprint density at radius 2 is 2.07 bits per heavy atom. The largest absolute Gasteiger partial charge is 0.494 e. The lowest BCUT2D eigenvalue weighted by Crippen LogP contribution is -2.20. The number of nitriles is 1. The molecular weight excluding hydrogens is 386 g/mol. The van der Waals surface area contributed by atoms with Gasteiger partial charge < -0.3 is 9.72 Å². The number of hydrogen-bond donors (Lipinski definition) is 1. The number of H-pyrrole nitrogens is 1. The van der Waals surface area contributed by atoms with Gasteiger partial charge in [-0.15, -0.1) is 11.3 Å². The summed E-state index contributed by atoms with van der Waals surface area (Å²) in [7, 11) is 0. The van der Waals surface area contributed by atoms with Crippen molar-refractivity contribution in [3.05, 3.63) is 57.0 Å². The Hall–Kier alpha value is -2.98. The molecule has 1 unspecified atom stereocenters. The molecule has 0 spiro atoms. The van der Waals surface area contributed by atoms with Crippen LogP contribution in [0, 0.1) is 11.3 Å². The van der Waals surface area contributed by atoms with Crippen molar-refractivity contribution in [1.82, 2.24) is 9.97 Å². The standard InChI is InChI=1S/C22H21N3O3S/c23-13-16(17(26)10-6-12-28-14-7-2-1-3-8-14)20-24-21(27)19-15-9-4-5-11-18(15)29-22(19)25-20/h1-3,7-8,16H,4-6,9-12H2,(H,24,25,27). The monoisotopic (exact) mass is 407 g/mol. The fourth-order valence-electron chi connectivity index (χ4n) is 3.70. The van der Waals surface area contributed by atoms with Crippen LogP contribution in [0.5, 0.6) is 5.75 Å². The molecule has 0 saturated heterocycles. The second-order valence-corrected chi connectivity index (χ2v) is 8.22. The zero-order valence-electron chi connectivity index (χ0n) is 15.9. The molecule has 3 aromatic rings. The lowest BCUT2D eigenvalue weighted by atomic mass is 9.97. The molecule has 2 aromatic heterocycles. The van der Waals surface area contributed by atoms with Gasteiger partial charge in [0.2, 0.25) is 0 Å². The van der Waals surface area contributed by atoms with E-state index in [1.54, 1.807) is 0 Å². The van der Waals surface area contributed by atoms with Gasteiger partial charge in [-0.2, -0.15) is 5.26 Å². The first-order valence-electron chi connectivity index (χ1n) is 9.82.